The molecule has 0 heterocycles. The standard InChI is InChI=1S/C33H58O4/c1-17-12-10-15-24-20(4)32(8)27(19(3)25(17)24)21(5)33(9)28(35)26(22(6)34)18(2)16-31(33,7)30(32)37-29(36)23-13-11-14-23/h17-30,34-36H,10-16H2,1-9H3. The van der Waals surface area contributed by atoms with E-state index < -0.39 is 23.9 Å². The topological polar surface area (TPSA) is 69.9 Å². The van der Waals surface area contributed by atoms with Crippen molar-refractivity contribution in [2.45, 2.75) is 132 Å². The smallest absolute Gasteiger partial charge is 0.157 e. The Morgan fingerprint density at radius 1 is 0.838 bits per heavy atom. The molecule has 16 unspecified atom stereocenters. The fraction of sp³-hybridized carbons (Fsp3) is 1.00. The van der Waals surface area contributed by atoms with Crippen molar-refractivity contribution in [1.82, 2.24) is 0 Å². The summed E-state index contributed by atoms with van der Waals surface area (Å²) in [4.78, 5) is 0. The van der Waals surface area contributed by atoms with E-state index in [1.165, 1.54) is 25.7 Å². The second-order valence-electron chi connectivity index (χ2n) is 15.7. The minimum Gasteiger partial charge on any atom is -0.393 e. The van der Waals surface area contributed by atoms with Crippen molar-refractivity contribution in [3.63, 3.8) is 0 Å². The van der Waals surface area contributed by atoms with Crippen molar-refractivity contribution in [3.05, 3.63) is 0 Å². The van der Waals surface area contributed by atoms with Crippen LogP contribution in [0.25, 0.3) is 0 Å². The molecule has 5 aliphatic carbocycles. The van der Waals surface area contributed by atoms with Gasteiger partial charge in [-0.25, -0.2) is 0 Å². The summed E-state index contributed by atoms with van der Waals surface area (Å²) in [6, 6.07) is 0. The lowest BCUT2D eigenvalue weighted by Crippen LogP contribution is -2.76. The van der Waals surface area contributed by atoms with Crippen LogP contribution in [-0.2, 0) is 4.74 Å². The van der Waals surface area contributed by atoms with Crippen LogP contribution in [0.1, 0.15) is 107 Å². The highest BCUT2D eigenvalue weighted by Crippen LogP contribution is 2.75. The van der Waals surface area contributed by atoms with Crippen LogP contribution < -0.4 is 0 Å². The number of hydrogen-bond acceptors (Lipinski definition) is 4. The van der Waals surface area contributed by atoms with Crippen LogP contribution >= 0.6 is 0 Å². The molecule has 37 heavy (non-hydrogen) atoms. The van der Waals surface area contributed by atoms with Gasteiger partial charge in [-0.15, -0.1) is 0 Å². The zero-order valence-electron chi connectivity index (χ0n) is 25.3. The van der Waals surface area contributed by atoms with Gasteiger partial charge in [0.15, 0.2) is 6.29 Å². The molecule has 0 aromatic rings. The Labute approximate surface area is 227 Å². The van der Waals surface area contributed by atoms with Gasteiger partial charge in [-0.3, -0.25) is 0 Å². The molecule has 0 saturated heterocycles. The zero-order chi connectivity index (χ0) is 27.2. The number of aliphatic hydroxyl groups excluding tert-OH is 3. The second-order valence-corrected chi connectivity index (χ2v) is 15.7. The number of hydrogen-bond donors (Lipinski definition) is 3. The maximum absolute atomic E-state index is 12.3. The largest absolute Gasteiger partial charge is 0.393 e. The molecule has 4 heteroatoms. The van der Waals surface area contributed by atoms with Crippen LogP contribution in [0.3, 0.4) is 0 Å². The highest BCUT2D eigenvalue weighted by atomic mass is 16.6. The Hall–Kier alpha value is -0.160. The van der Waals surface area contributed by atoms with Crippen LogP contribution in [0.15, 0.2) is 0 Å². The minimum absolute atomic E-state index is 0.0762. The van der Waals surface area contributed by atoms with Gasteiger partial charge in [-0.05, 0) is 80.0 Å². The second kappa shape index (κ2) is 9.45. The van der Waals surface area contributed by atoms with E-state index >= 15 is 0 Å². The fourth-order valence-corrected chi connectivity index (χ4v) is 12.3. The summed E-state index contributed by atoms with van der Waals surface area (Å²) in [6.45, 7) is 21.2. The lowest BCUT2D eigenvalue weighted by Gasteiger charge is -2.76. The van der Waals surface area contributed by atoms with Crippen LogP contribution in [-0.4, -0.2) is 39.9 Å². The minimum atomic E-state index is -0.724. The van der Waals surface area contributed by atoms with E-state index in [0.29, 0.717) is 35.5 Å². The molecular formula is C33H58O4. The summed E-state index contributed by atoms with van der Waals surface area (Å²) in [5.41, 5.74) is -0.783. The first kappa shape index (κ1) is 28.4. The van der Waals surface area contributed by atoms with E-state index in [1.807, 2.05) is 6.92 Å². The molecule has 0 spiro atoms. The Bertz CT molecular complexity index is 840. The predicted molar refractivity (Wildman–Crippen MR) is 148 cm³/mol. The molecule has 5 saturated carbocycles. The van der Waals surface area contributed by atoms with Gasteiger partial charge in [0.05, 0.1) is 18.3 Å². The van der Waals surface area contributed by atoms with E-state index in [9.17, 15) is 15.3 Å². The Balaban J connectivity index is 1.67. The average molecular weight is 519 g/mol. The van der Waals surface area contributed by atoms with Crippen LogP contribution in [0.4, 0.5) is 0 Å². The van der Waals surface area contributed by atoms with E-state index in [0.717, 1.165) is 25.2 Å². The maximum Gasteiger partial charge on any atom is 0.157 e. The summed E-state index contributed by atoms with van der Waals surface area (Å²) >= 11 is 0. The third kappa shape index (κ3) is 3.66. The van der Waals surface area contributed by atoms with Gasteiger partial charge in [-0.1, -0.05) is 74.7 Å². The summed E-state index contributed by atoms with van der Waals surface area (Å²) in [5, 5.41) is 34.6. The van der Waals surface area contributed by atoms with Crippen molar-refractivity contribution in [1.29, 1.82) is 0 Å². The number of fused-ring (bicyclic) bond motifs is 3. The van der Waals surface area contributed by atoms with Crippen LogP contribution in [0.5, 0.6) is 0 Å². The third-order valence-corrected chi connectivity index (χ3v) is 14.5. The summed E-state index contributed by atoms with van der Waals surface area (Å²) in [6.07, 6.45) is 6.18. The highest BCUT2D eigenvalue weighted by Gasteiger charge is 2.75. The zero-order valence-corrected chi connectivity index (χ0v) is 25.3. The third-order valence-electron chi connectivity index (χ3n) is 14.5. The predicted octanol–water partition coefficient (Wildman–Crippen LogP) is 6.51. The molecule has 5 rings (SSSR count). The molecule has 5 fully saturated rings. The first-order chi connectivity index (χ1) is 17.2. The summed E-state index contributed by atoms with van der Waals surface area (Å²) < 4.78 is 7.05. The lowest BCUT2D eigenvalue weighted by molar-refractivity contribution is -0.357. The van der Waals surface area contributed by atoms with Crippen molar-refractivity contribution in [2.24, 2.45) is 75.4 Å². The molecule has 3 N–H and O–H groups in total. The number of ether oxygens (including phenoxy) is 1. The highest BCUT2D eigenvalue weighted by molar-refractivity contribution is 5.22. The van der Waals surface area contributed by atoms with Crippen LogP contribution in [0, 0.1) is 75.4 Å². The first-order valence-electron chi connectivity index (χ1n) is 15.9. The molecule has 0 radical (unpaired) electrons. The molecule has 0 amide bonds. The molecule has 0 aromatic heterocycles. The quantitative estimate of drug-likeness (QED) is 0.371. The van der Waals surface area contributed by atoms with E-state index in [2.05, 4.69) is 55.4 Å². The van der Waals surface area contributed by atoms with Crippen molar-refractivity contribution < 1.29 is 20.1 Å². The van der Waals surface area contributed by atoms with Gasteiger partial charge in [0.1, 0.15) is 0 Å². The van der Waals surface area contributed by atoms with Gasteiger partial charge in [0.2, 0.25) is 0 Å². The Kier molecular flexibility index (Phi) is 7.25. The fourth-order valence-electron chi connectivity index (χ4n) is 12.3. The molecule has 16 atom stereocenters. The summed E-state index contributed by atoms with van der Waals surface area (Å²) in [5.74, 6) is 4.17. The SMILES string of the molecule is CC(O)C1C(C)CC2(C)C(OC(O)C3CCC3)C3(C)C(C)C4CCCC(C)C4C(C)C3C(C)C2(C)C1O. The van der Waals surface area contributed by atoms with Gasteiger partial charge in [0, 0.05) is 28.1 Å². The molecule has 0 aliphatic heterocycles. The summed E-state index contributed by atoms with van der Waals surface area (Å²) in [7, 11) is 0. The number of aliphatic hydroxyl groups is 3. The van der Waals surface area contributed by atoms with Gasteiger partial charge in [-0.2, -0.15) is 0 Å². The molecule has 214 valence electrons. The van der Waals surface area contributed by atoms with E-state index in [1.54, 1.807) is 0 Å². The van der Waals surface area contributed by atoms with E-state index in [-0.39, 0.29) is 34.7 Å². The first-order valence-corrected chi connectivity index (χ1v) is 15.9. The van der Waals surface area contributed by atoms with Crippen molar-refractivity contribution in [3.8, 4) is 0 Å². The Morgan fingerprint density at radius 2 is 1.46 bits per heavy atom. The molecule has 5 aliphatic rings. The molecular weight excluding hydrogens is 460 g/mol. The molecule has 4 nitrogen and oxygen atoms in total. The van der Waals surface area contributed by atoms with Crippen LogP contribution in [0.2, 0.25) is 0 Å². The number of rotatable bonds is 4. The normalized spacial score (nSPS) is 57.9. The maximum atomic E-state index is 12.3. The van der Waals surface area contributed by atoms with E-state index in [4.69, 9.17) is 4.74 Å². The van der Waals surface area contributed by atoms with Gasteiger partial charge in [0.25, 0.3) is 0 Å². The van der Waals surface area contributed by atoms with Gasteiger partial charge >= 0.3 is 0 Å². The van der Waals surface area contributed by atoms with Crippen molar-refractivity contribution in [2.75, 3.05) is 0 Å². The van der Waals surface area contributed by atoms with Gasteiger partial charge < -0.3 is 20.1 Å². The average Bonchev–Trinajstić information content (AvgIpc) is 2.77. The van der Waals surface area contributed by atoms with Crippen molar-refractivity contribution >= 4 is 0 Å². The monoisotopic (exact) mass is 518 g/mol. The molecule has 0 bridgehead atoms. The molecule has 0 aromatic carbocycles. The lowest BCUT2D eigenvalue weighted by atomic mass is 9.31. The Morgan fingerprint density at radius 3 is 2.03 bits per heavy atom.